The number of guanidine groups is 1. The van der Waals surface area contributed by atoms with Crippen LogP contribution in [-0.4, -0.2) is 59.4 Å². The number of hydrogen-bond donors (Lipinski definition) is 1. The predicted molar refractivity (Wildman–Crippen MR) is 79.4 cm³/mol. The van der Waals surface area contributed by atoms with Crippen LogP contribution in [0.2, 0.25) is 0 Å². The summed E-state index contributed by atoms with van der Waals surface area (Å²) < 4.78 is 16.6. The molecule has 2 aliphatic heterocycles. The maximum Gasteiger partial charge on any atom is 0.255 e. The van der Waals surface area contributed by atoms with Gasteiger partial charge in [-0.3, -0.25) is 4.99 Å². The summed E-state index contributed by atoms with van der Waals surface area (Å²) in [6.07, 6.45) is 1.91. The summed E-state index contributed by atoms with van der Waals surface area (Å²) in [5.41, 5.74) is 6.06. The van der Waals surface area contributed by atoms with Gasteiger partial charge in [-0.2, -0.15) is 4.98 Å². The Balaban J connectivity index is 1.50. The predicted octanol–water partition coefficient (Wildman–Crippen LogP) is 0.634. The Kier molecular flexibility index (Phi) is 4.58. The van der Waals surface area contributed by atoms with E-state index in [0.717, 1.165) is 25.9 Å². The van der Waals surface area contributed by atoms with Crippen molar-refractivity contribution in [2.45, 2.75) is 45.0 Å². The molecule has 2 aliphatic rings. The molecular weight excluding hydrogens is 286 g/mol. The highest BCUT2D eigenvalue weighted by molar-refractivity contribution is 5.78. The summed E-state index contributed by atoms with van der Waals surface area (Å²) in [6.45, 7) is 6.65. The van der Waals surface area contributed by atoms with Crippen LogP contribution in [0.5, 0.6) is 0 Å². The Bertz CT molecular complexity index is 532. The fourth-order valence-corrected chi connectivity index (χ4v) is 2.79. The van der Waals surface area contributed by atoms with Crippen molar-refractivity contribution in [2.24, 2.45) is 10.7 Å². The molecule has 3 rings (SSSR count). The molecule has 8 heteroatoms. The molecule has 122 valence electrons. The van der Waals surface area contributed by atoms with Gasteiger partial charge < -0.3 is 24.6 Å². The molecule has 2 fully saturated rings. The topological polar surface area (TPSA) is 99.0 Å². The van der Waals surface area contributed by atoms with E-state index in [1.165, 1.54) is 0 Å². The lowest BCUT2D eigenvalue weighted by atomic mass is 10.2. The zero-order valence-electron chi connectivity index (χ0n) is 13.1. The van der Waals surface area contributed by atoms with Gasteiger partial charge in [0.25, 0.3) is 5.89 Å². The van der Waals surface area contributed by atoms with Crippen molar-refractivity contribution in [1.29, 1.82) is 0 Å². The van der Waals surface area contributed by atoms with Crippen molar-refractivity contribution in [3.05, 3.63) is 11.7 Å². The van der Waals surface area contributed by atoms with E-state index in [1.807, 2.05) is 6.92 Å². The van der Waals surface area contributed by atoms with Gasteiger partial charge in [-0.1, -0.05) is 5.16 Å². The third kappa shape index (κ3) is 3.56. The maximum absolute atomic E-state index is 6.06. The molecule has 8 nitrogen and oxygen atoms in total. The first-order valence-corrected chi connectivity index (χ1v) is 7.74. The van der Waals surface area contributed by atoms with Crippen molar-refractivity contribution in [1.82, 2.24) is 15.0 Å². The van der Waals surface area contributed by atoms with Crippen LogP contribution in [0.3, 0.4) is 0 Å². The molecule has 22 heavy (non-hydrogen) atoms. The van der Waals surface area contributed by atoms with Crippen molar-refractivity contribution in [3.8, 4) is 0 Å². The Morgan fingerprint density at radius 1 is 1.45 bits per heavy atom. The van der Waals surface area contributed by atoms with E-state index in [9.17, 15) is 0 Å². The zero-order valence-corrected chi connectivity index (χ0v) is 13.1. The summed E-state index contributed by atoms with van der Waals surface area (Å²) in [5.74, 6) is 1.75. The van der Waals surface area contributed by atoms with Gasteiger partial charge in [-0.25, -0.2) is 0 Å². The minimum atomic E-state index is -0.119. The minimum absolute atomic E-state index is 0.0502. The van der Waals surface area contributed by atoms with Gasteiger partial charge in [0.05, 0.1) is 25.4 Å². The molecule has 1 aromatic heterocycles. The van der Waals surface area contributed by atoms with Gasteiger partial charge in [0, 0.05) is 13.1 Å². The number of aromatic nitrogens is 2. The normalized spacial score (nSPS) is 30.0. The second kappa shape index (κ2) is 6.62. The van der Waals surface area contributed by atoms with E-state index in [1.54, 1.807) is 6.92 Å². The van der Waals surface area contributed by atoms with E-state index in [-0.39, 0.29) is 18.3 Å². The highest BCUT2D eigenvalue weighted by Crippen LogP contribution is 2.31. The van der Waals surface area contributed by atoms with Gasteiger partial charge in [0.15, 0.2) is 11.8 Å². The molecule has 0 saturated carbocycles. The number of aliphatic imine (C=N–C) groups is 1. The van der Waals surface area contributed by atoms with Crippen LogP contribution >= 0.6 is 0 Å². The van der Waals surface area contributed by atoms with Crippen LogP contribution in [0.1, 0.15) is 37.6 Å². The van der Waals surface area contributed by atoms with Crippen LogP contribution in [0, 0.1) is 6.92 Å². The molecular formula is C14H23N5O3. The van der Waals surface area contributed by atoms with Crippen molar-refractivity contribution < 1.29 is 14.0 Å². The average Bonchev–Trinajstić information content (AvgIpc) is 3.13. The van der Waals surface area contributed by atoms with E-state index in [0.29, 0.717) is 30.8 Å². The van der Waals surface area contributed by atoms with E-state index in [4.69, 9.17) is 19.7 Å². The largest absolute Gasteiger partial charge is 0.375 e. The van der Waals surface area contributed by atoms with Crippen LogP contribution in [0.25, 0.3) is 0 Å². The molecule has 2 saturated heterocycles. The molecule has 3 heterocycles. The lowest BCUT2D eigenvalue weighted by Gasteiger charge is -2.31. The molecule has 2 N–H and O–H groups in total. The molecule has 0 radical (unpaired) electrons. The number of nitrogens with two attached hydrogens (primary N) is 1. The van der Waals surface area contributed by atoms with Gasteiger partial charge in [-0.15, -0.1) is 0 Å². The Morgan fingerprint density at radius 3 is 3.05 bits per heavy atom. The van der Waals surface area contributed by atoms with Gasteiger partial charge in [-0.05, 0) is 26.7 Å². The molecule has 0 spiro atoms. The number of rotatable bonds is 3. The summed E-state index contributed by atoms with van der Waals surface area (Å²) >= 11 is 0. The first-order valence-electron chi connectivity index (χ1n) is 7.74. The molecule has 3 atom stereocenters. The quantitative estimate of drug-likeness (QED) is 0.646. The second-order valence-electron chi connectivity index (χ2n) is 5.83. The Hall–Kier alpha value is -1.67. The molecule has 1 aromatic rings. The number of nitrogens with zero attached hydrogens (tertiary/aromatic N) is 4. The third-order valence-electron chi connectivity index (χ3n) is 3.95. The number of ether oxygens (including phenoxy) is 2. The highest BCUT2D eigenvalue weighted by atomic mass is 16.5. The molecule has 0 aliphatic carbocycles. The van der Waals surface area contributed by atoms with Crippen molar-refractivity contribution in [3.63, 3.8) is 0 Å². The average molecular weight is 309 g/mol. The lowest BCUT2D eigenvalue weighted by molar-refractivity contribution is 0.00491. The van der Waals surface area contributed by atoms with E-state index in [2.05, 4.69) is 20.0 Å². The third-order valence-corrected chi connectivity index (χ3v) is 3.95. The summed E-state index contributed by atoms with van der Waals surface area (Å²) in [6, 6.07) is 0. The van der Waals surface area contributed by atoms with E-state index >= 15 is 0 Å². The van der Waals surface area contributed by atoms with Gasteiger partial charge >= 0.3 is 0 Å². The second-order valence-corrected chi connectivity index (χ2v) is 5.83. The fraction of sp³-hybridized carbons (Fsp3) is 0.786. The first kappa shape index (κ1) is 15.2. The molecule has 0 amide bonds. The Morgan fingerprint density at radius 2 is 2.32 bits per heavy atom. The van der Waals surface area contributed by atoms with Gasteiger partial charge in [0.1, 0.15) is 6.10 Å². The lowest BCUT2D eigenvalue weighted by Crippen LogP contribution is -2.48. The summed E-state index contributed by atoms with van der Waals surface area (Å²) in [5, 5.41) is 3.80. The van der Waals surface area contributed by atoms with Crippen molar-refractivity contribution >= 4 is 5.96 Å². The first-order chi connectivity index (χ1) is 10.6. The van der Waals surface area contributed by atoms with Gasteiger partial charge in [0.2, 0.25) is 0 Å². The van der Waals surface area contributed by atoms with Crippen molar-refractivity contribution in [2.75, 3.05) is 26.2 Å². The van der Waals surface area contributed by atoms with Crippen LogP contribution < -0.4 is 5.73 Å². The smallest absolute Gasteiger partial charge is 0.255 e. The summed E-state index contributed by atoms with van der Waals surface area (Å²) in [7, 11) is 0. The Labute approximate surface area is 129 Å². The van der Waals surface area contributed by atoms with Crippen LogP contribution in [-0.2, 0) is 9.47 Å². The zero-order chi connectivity index (χ0) is 15.5. The maximum atomic E-state index is 6.06. The monoisotopic (exact) mass is 309 g/mol. The minimum Gasteiger partial charge on any atom is -0.375 e. The van der Waals surface area contributed by atoms with Crippen LogP contribution in [0.15, 0.2) is 9.52 Å². The molecule has 0 bridgehead atoms. The van der Waals surface area contributed by atoms with Crippen LogP contribution in [0.4, 0.5) is 0 Å². The number of hydrogen-bond acceptors (Lipinski definition) is 6. The SMILES string of the molecule is Cc1noc([C@@H]2CC[C@H](CN=C(N)N3CCOC(C)C3)O2)n1. The standard InChI is InChI=1S/C14H23N5O3/c1-9-8-19(5-6-20-9)14(15)16-7-11-3-4-12(21-11)13-17-10(2)18-22-13/h9,11-12H,3-8H2,1-2H3,(H2,15,16)/t9?,11-,12+/m1/s1. The molecule has 1 unspecified atom stereocenters. The fourth-order valence-electron chi connectivity index (χ4n) is 2.79. The molecule has 0 aromatic carbocycles. The number of morpholine rings is 1. The van der Waals surface area contributed by atoms with E-state index < -0.39 is 0 Å². The summed E-state index contributed by atoms with van der Waals surface area (Å²) in [4.78, 5) is 10.7. The number of aryl methyl sites for hydroxylation is 1. The highest BCUT2D eigenvalue weighted by Gasteiger charge is 2.30.